The fraction of sp³-hybridized carbons (Fsp3) is 0.0667. The van der Waals surface area contributed by atoms with Gasteiger partial charge in [0.1, 0.15) is 22.2 Å². The van der Waals surface area contributed by atoms with E-state index in [0.717, 1.165) is 5.56 Å². The van der Waals surface area contributed by atoms with Crippen LogP contribution in [-0.4, -0.2) is 15.0 Å². The van der Waals surface area contributed by atoms with Gasteiger partial charge in [-0.1, -0.05) is 42.5 Å². The molecule has 0 bridgehead atoms. The fourth-order valence-electron chi connectivity index (χ4n) is 2.32. The van der Waals surface area contributed by atoms with Crippen LogP contribution in [0.3, 0.4) is 0 Å². The van der Waals surface area contributed by atoms with Crippen molar-refractivity contribution in [1.82, 2.24) is 15.0 Å². The van der Waals surface area contributed by atoms with Gasteiger partial charge in [0, 0.05) is 5.56 Å². The molecule has 0 fully saturated rings. The van der Waals surface area contributed by atoms with E-state index in [1.807, 2.05) is 30.3 Å². The zero-order valence-corrected chi connectivity index (χ0v) is 11.9. The van der Waals surface area contributed by atoms with Crippen LogP contribution in [0.5, 0.6) is 0 Å². The number of fused-ring (bicyclic) bond motifs is 1. The quantitative estimate of drug-likeness (QED) is 0.676. The van der Waals surface area contributed by atoms with Crippen molar-refractivity contribution in [3.05, 3.63) is 56.7 Å². The molecule has 5 nitrogen and oxygen atoms in total. The Morgan fingerprint density at radius 2 is 1.95 bits per heavy atom. The van der Waals surface area contributed by atoms with Gasteiger partial charge in [-0.2, -0.15) is 5.26 Å². The third-order valence-electron chi connectivity index (χ3n) is 3.17. The molecule has 2 heterocycles. The maximum absolute atomic E-state index is 12.3. The number of pyridine rings is 1. The normalized spacial score (nSPS) is 10.5. The van der Waals surface area contributed by atoms with Gasteiger partial charge in [0.05, 0.1) is 10.9 Å². The van der Waals surface area contributed by atoms with Gasteiger partial charge in [0.25, 0.3) is 5.56 Å². The minimum absolute atomic E-state index is 0.278. The molecular formula is C15H10N4OS. The molecule has 102 valence electrons. The molecular weight excluding hydrogens is 284 g/mol. The average Bonchev–Trinajstić information content (AvgIpc) is 2.46. The first-order valence-corrected chi connectivity index (χ1v) is 6.65. The van der Waals surface area contributed by atoms with Crippen LogP contribution in [0.15, 0.2) is 35.1 Å². The van der Waals surface area contributed by atoms with E-state index in [0.29, 0.717) is 22.4 Å². The van der Waals surface area contributed by atoms with Crippen molar-refractivity contribution in [2.24, 2.45) is 0 Å². The lowest BCUT2D eigenvalue weighted by Gasteiger charge is -2.09. The molecule has 0 amide bonds. The highest BCUT2D eigenvalue weighted by Crippen LogP contribution is 2.28. The van der Waals surface area contributed by atoms with Gasteiger partial charge >= 0.3 is 0 Å². The second kappa shape index (κ2) is 4.96. The number of hydrogen-bond donors (Lipinski definition) is 2. The smallest absolute Gasteiger partial charge is 0.261 e. The highest BCUT2D eigenvalue weighted by atomic mass is 32.1. The standard InChI is InChI=1S/C15H10N4OS/c1-8-17-13-12(14(20)18-8)11(9-5-3-2-4-6-9)10(7-16)15(21)19-13/h2-6H,1H3,(H2,17,18,19,20,21). The topological polar surface area (TPSA) is 85.3 Å². The molecule has 2 aromatic heterocycles. The van der Waals surface area contributed by atoms with E-state index in [1.165, 1.54) is 0 Å². The summed E-state index contributed by atoms with van der Waals surface area (Å²) >= 11 is 5.22. The van der Waals surface area contributed by atoms with E-state index in [9.17, 15) is 10.1 Å². The molecule has 0 unspecified atom stereocenters. The summed E-state index contributed by atoms with van der Waals surface area (Å²) in [6, 6.07) is 11.3. The fourth-order valence-corrected chi connectivity index (χ4v) is 2.56. The summed E-state index contributed by atoms with van der Waals surface area (Å²) in [6.07, 6.45) is 0. The molecule has 6 heteroatoms. The summed E-state index contributed by atoms with van der Waals surface area (Å²) in [7, 11) is 0. The largest absolute Gasteiger partial charge is 0.329 e. The Hall–Kier alpha value is -2.78. The van der Waals surface area contributed by atoms with Crippen molar-refractivity contribution in [1.29, 1.82) is 5.26 Å². The van der Waals surface area contributed by atoms with Gasteiger partial charge in [-0.25, -0.2) is 4.98 Å². The van der Waals surface area contributed by atoms with Crippen LogP contribution in [0.1, 0.15) is 11.4 Å². The van der Waals surface area contributed by atoms with E-state index in [2.05, 4.69) is 21.0 Å². The molecule has 0 saturated heterocycles. The molecule has 3 rings (SSSR count). The Kier molecular flexibility index (Phi) is 3.12. The molecule has 0 spiro atoms. The van der Waals surface area contributed by atoms with Gasteiger partial charge < -0.3 is 9.97 Å². The van der Waals surface area contributed by atoms with Gasteiger partial charge in [-0.15, -0.1) is 0 Å². The van der Waals surface area contributed by atoms with E-state index < -0.39 is 0 Å². The molecule has 3 aromatic rings. The van der Waals surface area contributed by atoms with Crippen LogP contribution < -0.4 is 5.56 Å². The molecule has 1 aromatic carbocycles. The first-order chi connectivity index (χ1) is 10.1. The molecule has 0 aliphatic rings. The zero-order chi connectivity index (χ0) is 15.0. The third kappa shape index (κ3) is 2.14. The second-order valence-electron chi connectivity index (χ2n) is 4.56. The second-order valence-corrected chi connectivity index (χ2v) is 4.97. The summed E-state index contributed by atoms with van der Waals surface area (Å²) in [6.45, 7) is 1.69. The summed E-state index contributed by atoms with van der Waals surface area (Å²) in [5, 5.41) is 9.74. The van der Waals surface area contributed by atoms with Crippen molar-refractivity contribution >= 4 is 23.3 Å². The van der Waals surface area contributed by atoms with Crippen LogP contribution >= 0.6 is 12.2 Å². The van der Waals surface area contributed by atoms with Gasteiger partial charge in [0.15, 0.2) is 0 Å². The van der Waals surface area contributed by atoms with E-state index >= 15 is 0 Å². The summed E-state index contributed by atoms with van der Waals surface area (Å²) in [4.78, 5) is 22.1. The van der Waals surface area contributed by atoms with Gasteiger partial charge in [-0.05, 0) is 12.5 Å². The number of nitriles is 1. The molecule has 0 atom stereocenters. The van der Waals surface area contributed by atoms with Gasteiger partial charge in [0.2, 0.25) is 0 Å². The maximum Gasteiger partial charge on any atom is 0.261 e. The molecule has 0 aliphatic carbocycles. The Morgan fingerprint density at radius 1 is 1.24 bits per heavy atom. The average molecular weight is 294 g/mol. The number of nitrogens with zero attached hydrogens (tertiary/aromatic N) is 2. The monoisotopic (exact) mass is 294 g/mol. The molecule has 21 heavy (non-hydrogen) atoms. The first kappa shape index (κ1) is 13.2. The van der Waals surface area contributed by atoms with Crippen LogP contribution in [-0.2, 0) is 0 Å². The number of rotatable bonds is 1. The number of benzene rings is 1. The van der Waals surface area contributed by atoms with E-state index in [4.69, 9.17) is 12.2 Å². The lowest BCUT2D eigenvalue weighted by molar-refractivity contribution is 1.04. The predicted molar refractivity (Wildman–Crippen MR) is 82.4 cm³/mol. The van der Waals surface area contributed by atoms with Crippen LogP contribution in [0.2, 0.25) is 0 Å². The highest BCUT2D eigenvalue weighted by molar-refractivity contribution is 7.71. The zero-order valence-electron chi connectivity index (χ0n) is 11.1. The van der Waals surface area contributed by atoms with Crippen molar-refractivity contribution in [2.45, 2.75) is 6.92 Å². The third-order valence-corrected chi connectivity index (χ3v) is 3.48. The number of nitrogens with one attached hydrogen (secondary N) is 2. The summed E-state index contributed by atoms with van der Waals surface area (Å²) in [5.74, 6) is 0.488. The number of hydrogen-bond acceptors (Lipinski definition) is 4. The van der Waals surface area contributed by atoms with Crippen molar-refractivity contribution in [2.75, 3.05) is 0 Å². The number of aryl methyl sites for hydroxylation is 1. The highest BCUT2D eigenvalue weighted by Gasteiger charge is 2.16. The Bertz CT molecular complexity index is 996. The predicted octanol–water partition coefficient (Wildman–Crippen LogP) is 2.83. The van der Waals surface area contributed by atoms with Crippen LogP contribution in [0.4, 0.5) is 0 Å². The minimum atomic E-state index is -0.292. The number of H-pyrrole nitrogens is 2. The summed E-state index contributed by atoms with van der Waals surface area (Å²) in [5.41, 5.74) is 1.65. The Morgan fingerprint density at radius 3 is 2.62 bits per heavy atom. The summed E-state index contributed by atoms with van der Waals surface area (Å²) < 4.78 is 0.279. The van der Waals surface area contributed by atoms with Crippen molar-refractivity contribution in [3.8, 4) is 17.2 Å². The van der Waals surface area contributed by atoms with Crippen molar-refractivity contribution in [3.63, 3.8) is 0 Å². The lowest BCUT2D eigenvalue weighted by Crippen LogP contribution is -2.13. The maximum atomic E-state index is 12.3. The molecule has 2 N–H and O–H groups in total. The van der Waals surface area contributed by atoms with Crippen molar-refractivity contribution < 1.29 is 0 Å². The minimum Gasteiger partial charge on any atom is -0.329 e. The molecule has 0 saturated carbocycles. The van der Waals surface area contributed by atoms with Gasteiger partial charge in [-0.3, -0.25) is 4.79 Å². The number of aromatic amines is 2. The molecule has 0 aliphatic heterocycles. The number of aromatic nitrogens is 3. The van der Waals surface area contributed by atoms with E-state index in [-0.39, 0.29) is 15.8 Å². The molecule has 0 radical (unpaired) electrons. The lowest BCUT2D eigenvalue weighted by atomic mass is 9.99. The van der Waals surface area contributed by atoms with Crippen LogP contribution in [0.25, 0.3) is 22.2 Å². The van der Waals surface area contributed by atoms with E-state index in [1.54, 1.807) is 6.92 Å². The Labute approximate surface area is 124 Å². The first-order valence-electron chi connectivity index (χ1n) is 6.24. The SMILES string of the molecule is Cc1nc2[nH]c(=S)c(C#N)c(-c3ccccc3)c2c(=O)[nH]1. The Balaban J connectivity index is 2.61. The van der Waals surface area contributed by atoms with Crippen LogP contribution in [0, 0.1) is 22.9 Å².